The molecule has 2 fully saturated rings. The standard InChI is InChI=1S/C24H25N5O3/c25-23-21(28-13-17-10-11-18(14-28)29(17)24(30)31)12-20(26-27-23)19-8-4-5-9-22(19)32-15-16-6-2-1-3-7-16/h1-9,12,17-18H,10-11,13-15H2,(H2,25,27)(H,30,31)/t17-,18+. The number of piperazine rings is 1. The van der Waals surface area contributed by atoms with Gasteiger partial charge in [0.1, 0.15) is 12.4 Å². The molecule has 8 heteroatoms. The molecule has 0 aliphatic carbocycles. The number of ether oxygens (including phenoxy) is 1. The lowest BCUT2D eigenvalue weighted by Crippen LogP contribution is -2.55. The molecule has 1 amide bonds. The first kappa shape index (κ1) is 20.1. The number of nitrogens with two attached hydrogens (primary N) is 1. The number of carboxylic acid groups (broad SMARTS) is 1. The van der Waals surface area contributed by atoms with E-state index in [1.54, 1.807) is 4.90 Å². The smallest absolute Gasteiger partial charge is 0.407 e. The maximum absolute atomic E-state index is 11.6. The summed E-state index contributed by atoms with van der Waals surface area (Å²) in [5.41, 5.74) is 9.58. The van der Waals surface area contributed by atoms with E-state index < -0.39 is 6.09 Å². The molecule has 3 heterocycles. The van der Waals surface area contributed by atoms with Crippen molar-refractivity contribution >= 4 is 17.6 Å². The van der Waals surface area contributed by atoms with Crippen LogP contribution in [-0.4, -0.2) is 51.5 Å². The van der Waals surface area contributed by atoms with E-state index in [0.29, 0.717) is 31.2 Å². The molecule has 8 nitrogen and oxygen atoms in total. The SMILES string of the molecule is Nc1nnc(-c2ccccc2OCc2ccccc2)cc1N1C[C@H]2CC[C@@H](C1)N2C(=O)O. The molecule has 5 rings (SSSR count). The Morgan fingerprint density at radius 3 is 2.44 bits per heavy atom. The Kier molecular flexibility index (Phi) is 5.26. The van der Waals surface area contributed by atoms with Crippen LogP contribution in [0.25, 0.3) is 11.3 Å². The highest BCUT2D eigenvalue weighted by atomic mass is 16.5. The lowest BCUT2D eigenvalue weighted by atomic mass is 10.1. The number of carbonyl (C=O) groups is 1. The number of fused-ring (bicyclic) bond motifs is 2. The van der Waals surface area contributed by atoms with Crippen molar-refractivity contribution in [2.75, 3.05) is 23.7 Å². The summed E-state index contributed by atoms with van der Waals surface area (Å²) in [4.78, 5) is 15.3. The molecule has 2 aromatic carbocycles. The monoisotopic (exact) mass is 431 g/mol. The summed E-state index contributed by atoms with van der Waals surface area (Å²) in [6, 6.07) is 19.6. The molecular formula is C24H25N5O3. The zero-order chi connectivity index (χ0) is 22.1. The van der Waals surface area contributed by atoms with E-state index in [2.05, 4.69) is 15.1 Å². The fourth-order valence-corrected chi connectivity index (χ4v) is 4.73. The Hall–Kier alpha value is -3.81. The predicted molar refractivity (Wildman–Crippen MR) is 122 cm³/mol. The Labute approximate surface area is 186 Å². The van der Waals surface area contributed by atoms with Crippen LogP contribution in [-0.2, 0) is 6.61 Å². The van der Waals surface area contributed by atoms with Crippen LogP contribution in [0.2, 0.25) is 0 Å². The fourth-order valence-electron chi connectivity index (χ4n) is 4.73. The minimum Gasteiger partial charge on any atom is -0.488 e. The van der Waals surface area contributed by atoms with Gasteiger partial charge in [-0.2, -0.15) is 0 Å². The van der Waals surface area contributed by atoms with Gasteiger partial charge < -0.3 is 20.5 Å². The van der Waals surface area contributed by atoms with Gasteiger partial charge in [-0.3, -0.25) is 4.90 Å². The predicted octanol–water partition coefficient (Wildman–Crippen LogP) is 3.64. The first-order valence-corrected chi connectivity index (χ1v) is 10.8. The van der Waals surface area contributed by atoms with Crippen LogP contribution in [0.15, 0.2) is 60.7 Å². The van der Waals surface area contributed by atoms with Crippen molar-refractivity contribution in [3.05, 3.63) is 66.2 Å². The molecule has 2 aliphatic heterocycles. The van der Waals surface area contributed by atoms with E-state index in [-0.39, 0.29) is 12.1 Å². The molecule has 0 unspecified atom stereocenters. The van der Waals surface area contributed by atoms with Gasteiger partial charge in [0, 0.05) is 18.7 Å². The summed E-state index contributed by atoms with van der Waals surface area (Å²) in [5, 5.41) is 18.1. The molecule has 0 radical (unpaired) electrons. The number of aromatic nitrogens is 2. The third-order valence-electron chi connectivity index (χ3n) is 6.25. The Morgan fingerprint density at radius 1 is 1.03 bits per heavy atom. The fraction of sp³-hybridized carbons (Fsp3) is 0.292. The molecule has 2 bridgehead atoms. The lowest BCUT2D eigenvalue weighted by molar-refractivity contribution is 0.115. The largest absolute Gasteiger partial charge is 0.488 e. The molecule has 0 saturated carbocycles. The van der Waals surface area contributed by atoms with Gasteiger partial charge in [0.15, 0.2) is 5.82 Å². The maximum atomic E-state index is 11.6. The molecule has 164 valence electrons. The summed E-state index contributed by atoms with van der Waals surface area (Å²) >= 11 is 0. The van der Waals surface area contributed by atoms with E-state index in [0.717, 1.165) is 35.4 Å². The lowest BCUT2D eigenvalue weighted by Gasteiger charge is -2.40. The second kappa shape index (κ2) is 8.37. The van der Waals surface area contributed by atoms with Gasteiger partial charge in [-0.15, -0.1) is 10.2 Å². The molecule has 2 saturated heterocycles. The van der Waals surface area contributed by atoms with Gasteiger partial charge in [-0.05, 0) is 36.6 Å². The van der Waals surface area contributed by atoms with Gasteiger partial charge in [0.05, 0.1) is 23.5 Å². The summed E-state index contributed by atoms with van der Waals surface area (Å²) in [7, 11) is 0. The van der Waals surface area contributed by atoms with E-state index in [1.165, 1.54) is 0 Å². The average molecular weight is 431 g/mol. The first-order chi connectivity index (χ1) is 15.6. The highest BCUT2D eigenvalue weighted by Gasteiger charge is 2.43. The third-order valence-corrected chi connectivity index (χ3v) is 6.25. The highest BCUT2D eigenvalue weighted by Crippen LogP contribution is 2.37. The first-order valence-electron chi connectivity index (χ1n) is 10.8. The van der Waals surface area contributed by atoms with Gasteiger partial charge in [-0.25, -0.2) is 4.79 Å². The number of nitrogen functional groups attached to an aromatic ring is 1. The molecular weight excluding hydrogens is 406 g/mol. The molecule has 2 atom stereocenters. The van der Waals surface area contributed by atoms with Crippen molar-refractivity contribution in [2.45, 2.75) is 31.5 Å². The zero-order valence-electron chi connectivity index (χ0n) is 17.6. The maximum Gasteiger partial charge on any atom is 0.407 e. The van der Waals surface area contributed by atoms with Crippen molar-refractivity contribution in [1.29, 1.82) is 0 Å². The number of para-hydroxylation sites is 1. The normalized spacial score (nSPS) is 19.8. The van der Waals surface area contributed by atoms with Crippen molar-refractivity contribution in [3.63, 3.8) is 0 Å². The average Bonchev–Trinajstić information content (AvgIpc) is 3.09. The Bertz CT molecular complexity index is 1110. The number of hydrogen-bond donors (Lipinski definition) is 2. The number of amides is 1. The quantitative estimate of drug-likeness (QED) is 0.635. The summed E-state index contributed by atoms with van der Waals surface area (Å²) in [6.07, 6.45) is 0.896. The van der Waals surface area contributed by atoms with Gasteiger partial charge in [0.25, 0.3) is 0 Å². The van der Waals surface area contributed by atoms with Crippen molar-refractivity contribution < 1.29 is 14.6 Å². The molecule has 0 spiro atoms. The molecule has 32 heavy (non-hydrogen) atoms. The molecule has 3 N–H and O–H groups in total. The second-order valence-electron chi connectivity index (χ2n) is 8.25. The summed E-state index contributed by atoms with van der Waals surface area (Å²) in [5.74, 6) is 1.07. The van der Waals surface area contributed by atoms with Crippen molar-refractivity contribution in [2.24, 2.45) is 0 Å². The molecule has 3 aromatic rings. The van der Waals surface area contributed by atoms with E-state index in [9.17, 15) is 9.90 Å². The van der Waals surface area contributed by atoms with Gasteiger partial charge in [0.2, 0.25) is 0 Å². The minimum atomic E-state index is -0.844. The van der Waals surface area contributed by atoms with Crippen LogP contribution in [0.4, 0.5) is 16.3 Å². The van der Waals surface area contributed by atoms with E-state index in [4.69, 9.17) is 10.5 Å². The van der Waals surface area contributed by atoms with E-state index in [1.807, 2.05) is 60.7 Å². The summed E-state index contributed by atoms with van der Waals surface area (Å²) in [6.45, 7) is 1.65. The van der Waals surface area contributed by atoms with Crippen molar-refractivity contribution in [3.8, 4) is 17.0 Å². The Morgan fingerprint density at radius 2 is 1.72 bits per heavy atom. The number of benzene rings is 2. The number of anilines is 2. The molecule has 1 aromatic heterocycles. The van der Waals surface area contributed by atoms with Gasteiger partial charge in [-0.1, -0.05) is 42.5 Å². The number of hydrogen-bond acceptors (Lipinski definition) is 6. The second-order valence-corrected chi connectivity index (χ2v) is 8.25. The van der Waals surface area contributed by atoms with Crippen molar-refractivity contribution in [1.82, 2.24) is 15.1 Å². The summed E-state index contributed by atoms with van der Waals surface area (Å²) < 4.78 is 6.09. The van der Waals surface area contributed by atoms with Crippen LogP contribution in [0.3, 0.4) is 0 Å². The Balaban J connectivity index is 1.41. The molecule has 2 aliphatic rings. The zero-order valence-corrected chi connectivity index (χ0v) is 17.6. The van der Waals surface area contributed by atoms with Crippen LogP contribution < -0.4 is 15.4 Å². The third kappa shape index (κ3) is 3.79. The number of rotatable bonds is 5. The van der Waals surface area contributed by atoms with Crippen LogP contribution >= 0.6 is 0 Å². The van der Waals surface area contributed by atoms with Crippen LogP contribution in [0.5, 0.6) is 5.75 Å². The van der Waals surface area contributed by atoms with Gasteiger partial charge >= 0.3 is 6.09 Å². The minimum absolute atomic E-state index is 0.0243. The number of nitrogens with zero attached hydrogens (tertiary/aromatic N) is 4. The van der Waals surface area contributed by atoms with Crippen LogP contribution in [0.1, 0.15) is 18.4 Å². The van der Waals surface area contributed by atoms with Crippen LogP contribution in [0, 0.1) is 0 Å². The highest BCUT2D eigenvalue weighted by molar-refractivity contribution is 5.75. The van der Waals surface area contributed by atoms with E-state index >= 15 is 0 Å². The topological polar surface area (TPSA) is 105 Å².